The molecule has 2 heterocycles. The highest BCUT2D eigenvalue weighted by atomic mass is 32.2. The monoisotopic (exact) mass is 342 g/mol. The molecule has 1 aliphatic rings. The van der Waals surface area contributed by atoms with Gasteiger partial charge in [0, 0.05) is 30.6 Å². The van der Waals surface area contributed by atoms with Crippen LogP contribution in [-0.4, -0.2) is 22.5 Å². The van der Waals surface area contributed by atoms with Crippen LogP contribution in [0.25, 0.3) is 6.08 Å². The molecule has 0 aliphatic carbocycles. The van der Waals surface area contributed by atoms with E-state index in [2.05, 4.69) is 28.7 Å². The van der Waals surface area contributed by atoms with Crippen molar-refractivity contribution in [3.8, 4) is 0 Å². The van der Waals surface area contributed by atoms with Crippen LogP contribution in [0.2, 0.25) is 0 Å². The lowest BCUT2D eigenvalue weighted by Crippen LogP contribution is -2.25. The van der Waals surface area contributed by atoms with Crippen LogP contribution in [-0.2, 0) is 17.8 Å². The van der Waals surface area contributed by atoms with Gasteiger partial charge < -0.3 is 9.73 Å². The average Bonchev–Trinajstić information content (AvgIpc) is 3.11. The van der Waals surface area contributed by atoms with Gasteiger partial charge in [0.1, 0.15) is 5.76 Å². The summed E-state index contributed by atoms with van der Waals surface area (Å²) in [5.74, 6) is 1.67. The quantitative estimate of drug-likeness (QED) is 0.626. The van der Waals surface area contributed by atoms with Gasteiger partial charge in [0.25, 0.3) is 0 Å². The molecule has 4 nitrogen and oxygen atoms in total. The van der Waals surface area contributed by atoms with Crippen LogP contribution in [0.15, 0.2) is 47.1 Å². The number of anilines is 1. The van der Waals surface area contributed by atoms with E-state index < -0.39 is 0 Å². The van der Waals surface area contributed by atoms with E-state index >= 15 is 0 Å². The van der Waals surface area contributed by atoms with Crippen LogP contribution in [0, 0.1) is 0 Å². The number of hydrogen-bond acceptors (Lipinski definition) is 4. The molecule has 3 rings (SSSR count). The normalized spacial score (nSPS) is 14.7. The molecule has 0 saturated carbocycles. The third kappa shape index (κ3) is 4.52. The Hall–Kier alpha value is -1.98. The van der Waals surface area contributed by atoms with Gasteiger partial charge >= 0.3 is 0 Å². The molecule has 0 atom stereocenters. The zero-order valence-corrected chi connectivity index (χ0v) is 14.6. The van der Waals surface area contributed by atoms with Crippen molar-refractivity contribution in [2.24, 2.45) is 0 Å². The van der Waals surface area contributed by atoms with Gasteiger partial charge in [-0.1, -0.05) is 24.9 Å². The Bertz CT molecular complexity index is 710. The van der Waals surface area contributed by atoms with E-state index in [9.17, 15) is 4.79 Å². The number of benzene rings is 1. The van der Waals surface area contributed by atoms with Crippen LogP contribution in [0.3, 0.4) is 0 Å². The standard InChI is InChI=1S/C19H22N2O2S/c1-2-12-24-21-10-9-15-5-6-17(13-16(15)14-21)20-19(22)8-7-18-4-3-11-23-18/h3-8,11,13H,2,9-10,12,14H2,1H3,(H,20,22)/b8-7+. The third-order valence-electron chi connectivity index (χ3n) is 3.87. The number of fused-ring (bicyclic) bond motifs is 1. The van der Waals surface area contributed by atoms with Crippen molar-refractivity contribution >= 4 is 29.6 Å². The molecule has 1 aromatic heterocycles. The van der Waals surface area contributed by atoms with Crippen LogP contribution in [0.1, 0.15) is 30.2 Å². The Morgan fingerprint density at radius 3 is 3.08 bits per heavy atom. The minimum Gasteiger partial charge on any atom is -0.465 e. The number of hydrogen-bond donors (Lipinski definition) is 1. The van der Waals surface area contributed by atoms with Crippen molar-refractivity contribution in [2.45, 2.75) is 26.3 Å². The molecule has 2 aromatic rings. The van der Waals surface area contributed by atoms with Crippen molar-refractivity contribution in [1.82, 2.24) is 4.31 Å². The maximum atomic E-state index is 12.0. The molecular weight excluding hydrogens is 320 g/mol. The lowest BCUT2D eigenvalue weighted by atomic mass is 10.0. The molecule has 1 N–H and O–H groups in total. The first-order chi connectivity index (χ1) is 11.7. The number of carbonyl (C=O) groups is 1. The summed E-state index contributed by atoms with van der Waals surface area (Å²) in [6.07, 6.45) is 6.99. The maximum Gasteiger partial charge on any atom is 0.248 e. The predicted molar refractivity (Wildman–Crippen MR) is 99.7 cm³/mol. The molecule has 0 radical (unpaired) electrons. The molecule has 0 spiro atoms. The molecule has 1 aromatic carbocycles. The first kappa shape index (κ1) is 16.9. The second kappa shape index (κ2) is 8.22. The van der Waals surface area contributed by atoms with Gasteiger partial charge in [-0.2, -0.15) is 0 Å². The first-order valence-electron chi connectivity index (χ1n) is 8.27. The van der Waals surface area contributed by atoms with E-state index in [-0.39, 0.29) is 5.91 Å². The highest BCUT2D eigenvalue weighted by Crippen LogP contribution is 2.26. The molecule has 0 fully saturated rings. The summed E-state index contributed by atoms with van der Waals surface area (Å²) in [7, 11) is 0. The fourth-order valence-electron chi connectivity index (χ4n) is 2.67. The first-order valence-corrected chi connectivity index (χ1v) is 9.21. The van der Waals surface area contributed by atoms with E-state index in [1.807, 2.05) is 24.1 Å². The summed E-state index contributed by atoms with van der Waals surface area (Å²) in [5, 5.41) is 2.92. The summed E-state index contributed by atoms with van der Waals surface area (Å²) in [6.45, 7) is 4.23. The van der Waals surface area contributed by atoms with Gasteiger partial charge in [-0.3, -0.25) is 4.79 Å². The Labute approximate surface area is 147 Å². The van der Waals surface area contributed by atoms with Gasteiger partial charge in [-0.15, -0.1) is 0 Å². The largest absolute Gasteiger partial charge is 0.465 e. The van der Waals surface area contributed by atoms with E-state index in [1.165, 1.54) is 23.6 Å². The number of nitrogens with one attached hydrogen (secondary N) is 1. The number of rotatable bonds is 6. The lowest BCUT2D eigenvalue weighted by molar-refractivity contribution is -0.111. The maximum absolute atomic E-state index is 12.0. The van der Waals surface area contributed by atoms with Crippen LogP contribution >= 0.6 is 11.9 Å². The second-order valence-electron chi connectivity index (χ2n) is 5.77. The minimum absolute atomic E-state index is 0.153. The molecular formula is C19H22N2O2S. The number of carbonyl (C=O) groups excluding carboxylic acids is 1. The van der Waals surface area contributed by atoms with Gasteiger partial charge in [0.05, 0.1) is 6.26 Å². The smallest absolute Gasteiger partial charge is 0.248 e. The highest BCUT2D eigenvalue weighted by molar-refractivity contribution is 7.96. The van der Waals surface area contributed by atoms with Crippen LogP contribution < -0.4 is 5.32 Å². The molecule has 0 unspecified atom stereocenters. The number of amides is 1. The van der Waals surface area contributed by atoms with Crippen molar-refractivity contribution in [1.29, 1.82) is 0 Å². The van der Waals surface area contributed by atoms with Crippen molar-refractivity contribution < 1.29 is 9.21 Å². The van der Waals surface area contributed by atoms with E-state index in [0.29, 0.717) is 5.76 Å². The summed E-state index contributed by atoms with van der Waals surface area (Å²) in [4.78, 5) is 12.0. The second-order valence-corrected chi connectivity index (χ2v) is 6.95. The molecule has 5 heteroatoms. The Kier molecular flexibility index (Phi) is 5.77. The van der Waals surface area contributed by atoms with Gasteiger partial charge in [-0.05, 0) is 54.3 Å². The lowest BCUT2D eigenvalue weighted by Gasteiger charge is -2.28. The minimum atomic E-state index is -0.153. The average molecular weight is 342 g/mol. The summed E-state index contributed by atoms with van der Waals surface area (Å²) in [5.41, 5.74) is 3.52. The summed E-state index contributed by atoms with van der Waals surface area (Å²) in [6, 6.07) is 9.80. The molecule has 1 aliphatic heterocycles. The Morgan fingerprint density at radius 1 is 1.38 bits per heavy atom. The molecule has 1 amide bonds. The summed E-state index contributed by atoms with van der Waals surface area (Å²) < 4.78 is 7.59. The van der Waals surface area contributed by atoms with Gasteiger partial charge in [0.2, 0.25) is 5.91 Å². The van der Waals surface area contributed by atoms with Gasteiger partial charge in [0.15, 0.2) is 0 Å². The number of furan rings is 1. The topological polar surface area (TPSA) is 45.5 Å². The Morgan fingerprint density at radius 2 is 2.29 bits per heavy atom. The van der Waals surface area contributed by atoms with Crippen molar-refractivity contribution in [3.63, 3.8) is 0 Å². The van der Waals surface area contributed by atoms with Crippen LogP contribution in [0.5, 0.6) is 0 Å². The zero-order chi connectivity index (χ0) is 16.8. The fourth-order valence-corrected chi connectivity index (χ4v) is 3.56. The fraction of sp³-hybridized carbons (Fsp3) is 0.316. The predicted octanol–water partition coefficient (Wildman–Crippen LogP) is 4.35. The third-order valence-corrected chi connectivity index (χ3v) is 5.14. The van der Waals surface area contributed by atoms with E-state index in [0.717, 1.165) is 31.0 Å². The molecule has 0 bridgehead atoms. The van der Waals surface area contributed by atoms with E-state index in [1.54, 1.807) is 18.4 Å². The highest BCUT2D eigenvalue weighted by Gasteiger charge is 2.16. The summed E-state index contributed by atoms with van der Waals surface area (Å²) >= 11 is 1.91. The van der Waals surface area contributed by atoms with Crippen molar-refractivity contribution in [2.75, 3.05) is 17.6 Å². The van der Waals surface area contributed by atoms with E-state index in [4.69, 9.17) is 4.42 Å². The molecule has 0 saturated heterocycles. The SMILES string of the molecule is CCCSN1CCc2ccc(NC(=O)/C=C/c3ccco3)cc2C1. The zero-order valence-electron chi connectivity index (χ0n) is 13.8. The van der Waals surface area contributed by atoms with Crippen LogP contribution in [0.4, 0.5) is 5.69 Å². The number of nitrogens with zero attached hydrogens (tertiary/aromatic N) is 1. The molecule has 126 valence electrons. The van der Waals surface area contributed by atoms with Crippen molar-refractivity contribution in [3.05, 3.63) is 59.6 Å². The molecule has 24 heavy (non-hydrogen) atoms. The Balaban J connectivity index is 1.62. The van der Waals surface area contributed by atoms with Gasteiger partial charge in [-0.25, -0.2) is 4.31 Å².